The Morgan fingerprint density at radius 3 is 2.42 bits per heavy atom. The first-order valence-electron chi connectivity index (χ1n) is 9.46. The molecule has 0 aliphatic heterocycles. The number of esters is 1. The molecule has 4 N–H and O–H groups in total. The number of anilines is 1. The van der Waals surface area contributed by atoms with Gasteiger partial charge in [0.2, 0.25) is 0 Å². The molecule has 0 saturated carbocycles. The molecule has 3 rings (SSSR count). The minimum Gasteiger partial charge on any atom is -0.478 e. The Hall–Kier alpha value is -3.46. The topological polar surface area (TPSA) is 130 Å². The van der Waals surface area contributed by atoms with Gasteiger partial charge < -0.3 is 20.5 Å². The van der Waals surface area contributed by atoms with Gasteiger partial charge in [-0.1, -0.05) is 35.6 Å². The summed E-state index contributed by atoms with van der Waals surface area (Å²) in [4.78, 5) is 30.4. The highest BCUT2D eigenvalue weighted by molar-refractivity contribution is 7.22. The van der Waals surface area contributed by atoms with Gasteiger partial charge in [0.1, 0.15) is 5.84 Å². The monoisotopic (exact) mass is 440 g/mol. The van der Waals surface area contributed by atoms with Crippen LogP contribution in [-0.2, 0) is 9.53 Å². The Labute approximate surface area is 183 Å². The van der Waals surface area contributed by atoms with Gasteiger partial charge in [-0.15, -0.1) is 0 Å². The number of carboxylic acid groups (broad SMARTS) is 1. The van der Waals surface area contributed by atoms with Crippen molar-refractivity contribution in [1.82, 2.24) is 4.98 Å². The van der Waals surface area contributed by atoms with Crippen molar-refractivity contribution in [2.75, 3.05) is 25.6 Å². The van der Waals surface area contributed by atoms with Gasteiger partial charge in [0.05, 0.1) is 28.3 Å². The van der Waals surface area contributed by atoms with Gasteiger partial charge >= 0.3 is 11.9 Å². The zero-order valence-corrected chi connectivity index (χ0v) is 18.5. The summed E-state index contributed by atoms with van der Waals surface area (Å²) in [5.41, 5.74) is 7.65. The first-order chi connectivity index (χ1) is 14.5. The number of carbonyl (C=O) groups excluding carboxylic acids is 1. The summed E-state index contributed by atoms with van der Waals surface area (Å²) < 4.78 is 5.61. The largest absolute Gasteiger partial charge is 0.478 e. The van der Waals surface area contributed by atoms with E-state index in [1.807, 2.05) is 11.9 Å². The highest BCUT2D eigenvalue weighted by atomic mass is 32.1. The molecule has 0 bridgehead atoms. The Kier molecular flexibility index (Phi) is 5.99. The summed E-state index contributed by atoms with van der Waals surface area (Å²) in [6.45, 7) is 3.98. The highest BCUT2D eigenvalue weighted by Gasteiger charge is 2.31. The van der Waals surface area contributed by atoms with Gasteiger partial charge in [0.15, 0.2) is 5.13 Å². The lowest BCUT2D eigenvalue weighted by atomic mass is 9.93. The normalized spacial score (nSPS) is 11.4. The predicted molar refractivity (Wildman–Crippen MR) is 122 cm³/mol. The van der Waals surface area contributed by atoms with Crippen LogP contribution >= 0.6 is 11.3 Å². The number of ether oxygens (including phenoxy) is 1. The summed E-state index contributed by atoms with van der Waals surface area (Å²) in [5.74, 6) is -1.39. The molecule has 0 radical (unpaired) electrons. The number of carbonyl (C=O) groups is 2. The SMILES string of the molecule is COC(=O)C(C)(C)CN(C)c1nc2c(-c3ccc(C(=N)N)cc3)cc(C(=O)O)cc2s1. The van der Waals surface area contributed by atoms with Crippen molar-refractivity contribution in [1.29, 1.82) is 5.41 Å². The van der Waals surface area contributed by atoms with Crippen LogP contribution in [0.2, 0.25) is 0 Å². The molecular weight excluding hydrogens is 416 g/mol. The van der Waals surface area contributed by atoms with Crippen LogP contribution in [0.1, 0.15) is 29.8 Å². The quantitative estimate of drug-likeness (QED) is 0.291. The van der Waals surface area contributed by atoms with Crippen LogP contribution in [0.3, 0.4) is 0 Å². The van der Waals surface area contributed by atoms with Crippen molar-refractivity contribution in [3.05, 3.63) is 47.5 Å². The van der Waals surface area contributed by atoms with E-state index in [-0.39, 0.29) is 17.4 Å². The van der Waals surface area contributed by atoms with Crippen molar-refractivity contribution >= 4 is 44.5 Å². The smallest absolute Gasteiger partial charge is 0.335 e. The number of nitrogens with two attached hydrogens (primary N) is 1. The van der Waals surface area contributed by atoms with Crippen molar-refractivity contribution < 1.29 is 19.4 Å². The number of nitrogens with zero attached hydrogens (tertiary/aromatic N) is 2. The van der Waals surface area contributed by atoms with Crippen LogP contribution in [-0.4, -0.2) is 48.6 Å². The van der Waals surface area contributed by atoms with Crippen molar-refractivity contribution in [3.8, 4) is 11.1 Å². The molecule has 9 heteroatoms. The highest BCUT2D eigenvalue weighted by Crippen LogP contribution is 2.37. The third kappa shape index (κ3) is 4.51. The van der Waals surface area contributed by atoms with E-state index in [0.717, 1.165) is 10.3 Å². The molecule has 1 heterocycles. The predicted octanol–water partition coefficient (Wildman–Crippen LogP) is 3.58. The van der Waals surface area contributed by atoms with E-state index in [4.69, 9.17) is 20.9 Å². The molecule has 2 aromatic carbocycles. The van der Waals surface area contributed by atoms with Gasteiger partial charge in [-0.3, -0.25) is 10.2 Å². The van der Waals surface area contributed by atoms with Gasteiger partial charge in [-0.25, -0.2) is 9.78 Å². The number of aromatic carboxylic acids is 1. The van der Waals surface area contributed by atoms with Gasteiger partial charge in [-0.05, 0) is 31.5 Å². The number of benzene rings is 2. The van der Waals surface area contributed by atoms with E-state index < -0.39 is 11.4 Å². The van der Waals surface area contributed by atoms with Crippen LogP contribution < -0.4 is 10.6 Å². The van der Waals surface area contributed by atoms with E-state index >= 15 is 0 Å². The maximum Gasteiger partial charge on any atom is 0.335 e. The number of hydrogen-bond acceptors (Lipinski definition) is 7. The number of thiazole rings is 1. The van der Waals surface area contributed by atoms with E-state index in [1.54, 1.807) is 50.2 Å². The Morgan fingerprint density at radius 2 is 1.87 bits per heavy atom. The van der Waals surface area contributed by atoms with Gasteiger partial charge in [0, 0.05) is 24.7 Å². The molecule has 31 heavy (non-hydrogen) atoms. The standard InChI is InChI=1S/C22H24N4O4S/c1-22(2,20(29)30-4)11-26(3)21-25-17-15(9-14(19(27)28)10-16(17)31-21)12-5-7-13(8-6-12)18(23)24/h5-10H,11H2,1-4H3,(H3,23,24)(H,27,28). The average molecular weight is 441 g/mol. The van der Waals surface area contributed by atoms with E-state index in [9.17, 15) is 14.7 Å². The molecule has 3 aromatic rings. The lowest BCUT2D eigenvalue weighted by Gasteiger charge is -2.27. The average Bonchev–Trinajstić information content (AvgIpc) is 3.16. The first-order valence-corrected chi connectivity index (χ1v) is 10.3. The molecule has 0 fully saturated rings. The van der Waals surface area contributed by atoms with E-state index in [0.29, 0.717) is 28.3 Å². The van der Waals surface area contributed by atoms with Crippen LogP contribution in [0, 0.1) is 10.8 Å². The summed E-state index contributed by atoms with van der Waals surface area (Å²) in [7, 11) is 3.20. The summed E-state index contributed by atoms with van der Waals surface area (Å²) in [5, 5.41) is 17.8. The molecule has 0 saturated heterocycles. The fraction of sp³-hybridized carbons (Fsp3) is 0.273. The van der Waals surface area contributed by atoms with Crippen molar-refractivity contribution in [2.45, 2.75) is 13.8 Å². The molecule has 0 unspecified atom stereocenters. The Morgan fingerprint density at radius 1 is 1.23 bits per heavy atom. The number of nitrogen functional groups attached to an aromatic ring is 1. The first kappa shape index (κ1) is 22.2. The molecule has 0 amide bonds. The Balaban J connectivity index is 2.08. The fourth-order valence-electron chi connectivity index (χ4n) is 3.36. The summed E-state index contributed by atoms with van der Waals surface area (Å²) in [6.07, 6.45) is 0. The number of aromatic nitrogens is 1. The molecule has 8 nitrogen and oxygen atoms in total. The third-order valence-corrected chi connectivity index (χ3v) is 6.05. The van der Waals surface area contributed by atoms with Crippen LogP contribution in [0.4, 0.5) is 5.13 Å². The van der Waals surface area contributed by atoms with Crippen molar-refractivity contribution in [2.24, 2.45) is 11.1 Å². The lowest BCUT2D eigenvalue weighted by molar-refractivity contribution is -0.150. The molecule has 0 aliphatic rings. The number of amidine groups is 1. The Bertz CT molecular complexity index is 1170. The second-order valence-corrected chi connectivity index (χ2v) is 8.90. The van der Waals surface area contributed by atoms with Crippen LogP contribution in [0.25, 0.3) is 21.3 Å². The molecule has 0 aliphatic carbocycles. The van der Waals surface area contributed by atoms with E-state index in [2.05, 4.69) is 0 Å². The van der Waals surface area contributed by atoms with Crippen LogP contribution in [0.15, 0.2) is 36.4 Å². The maximum absolute atomic E-state index is 12.1. The van der Waals surface area contributed by atoms with E-state index in [1.165, 1.54) is 18.4 Å². The lowest BCUT2D eigenvalue weighted by Crippen LogP contribution is -2.38. The zero-order valence-electron chi connectivity index (χ0n) is 17.7. The molecule has 162 valence electrons. The number of fused-ring (bicyclic) bond motifs is 1. The minimum atomic E-state index is -1.03. The number of hydrogen-bond donors (Lipinski definition) is 3. The molecule has 1 aromatic heterocycles. The summed E-state index contributed by atoms with van der Waals surface area (Å²) >= 11 is 1.36. The molecule has 0 atom stereocenters. The number of methoxy groups -OCH3 is 1. The number of nitrogens with one attached hydrogen (secondary N) is 1. The van der Waals surface area contributed by atoms with Gasteiger partial charge in [-0.2, -0.15) is 0 Å². The summed E-state index contributed by atoms with van der Waals surface area (Å²) in [6, 6.07) is 10.2. The zero-order chi connectivity index (χ0) is 22.9. The maximum atomic E-state index is 12.1. The van der Waals surface area contributed by atoms with Gasteiger partial charge in [0.25, 0.3) is 0 Å². The molecular formula is C22H24N4O4S. The van der Waals surface area contributed by atoms with Crippen LogP contribution in [0.5, 0.6) is 0 Å². The second-order valence-electron chi connectivity index (χ2n) is 7.89. The fourth-order valence-corrected chi connectivity index (χ4v) is 4.35. The molecule has 0 spiro atoms. The number of carboxylic acids is 1. The third-order valence-electron chi connectivity index (χ3n) is 4.93. The minimum absolute atomic E-state index is 0.0400. The van der Waals surface area contributed by atoms with Crippen molar-refractivity contribution in [3.63, 3.8) is 0 Å². The second kappa shape index (κ2) is 8.35. The number of rotatable bonds is 7.